The highest BCUT2D eigenvalue weighted by Gasteiger charge is 2.17. The van der Waals surface area contributed by atoms with Gasteiger partial charge in [-0.05, 0) is 49.9 Å². The third-order valence-electron chi connectivity index (χ3n) is 3.45. The van der Waals surface area contributed by atoms with Crippen molar-refractivity contribution < 1.29 is 4.79 Å². The average Bonchev–Trinajstić information content (AvgIpc) is 2.37. The van der Waals surface area contributed by atoms with Gasteiger partial charge >= 0.3 is 0 Å². The molecule has 2 aromatic carbocycles. The summed E-state index contributed by atoms with van der Waals surface area (Å²) in [6.45, 7) is 8.12. The first-order valence-electron chi connectivity index (χ1n) is 6.66. The van der Waals surface area contributed by atoms with Gasteiger partial charge in [0.2, 0.25) is 0 Å². The van der Waals surface area contributed by atoms with Crippen LogP contribution in [0.2, 0.25) is 0 Å². The minimum absolute atomic E-state index is 0.0902. The highest BCUT2D eigenvalue weighted by molar-refractivity contribution is 6.11. The Morgan fingerprint density at radius 2 is 1.79 bits per heavy atom. The lowest BCUT2D eigenvalue weighted by Crippen LogP contribution is -2.09. The van der Waals surface area contributed by atoms with Gasteiger partial charge in [0.05, 0.1) is 0 Å². The third-order valence-corrected chi connectivity index (χ3v) is 3.45. The van der Waals surface area contributed by atoms with Crippen molar-refractivity contribution in [2.45, 2.75) is 34.1 Å². The predicted molar refractivity (Wildman–Crippen MR) is 78.7 cm³/mol. The summed E-state index contributed by atoms with van der Waals surface area (Å²) < 4.78 is 0. The van der Waals surface area contributed by atoms with E-state index in [9.17, 15) is 4.79 Å². The molecule has 1 radical (unpaired) electrons. The van der Waals surface area contributed by atoms with E-state index in [1.807, 2.05) is 32.0 Å². The Hall–Kier alpha value is -1.89. The van der Waals surface area contributed by atoms with E-state index in [1.165, 1.54) is 5.56 Å². The van der Waals surface area contributed by atoms with Crippen LogP contribution in [0.4, 0.5) is 0 Å². The molecular formula is C18H19O. The van der Waals surface area contributed by atoms with E-state index in [2.05, 4.69) is 32.0 Å². The maximum Gasteiger partial charge on any atom is 0.194 e. The van der Waals surface area contributed by atoms with E-state index >= 15 is 0 Å². The predicted octanol–water partition coefficient (Wildman–Crippen LogP) is 4.21. The normalized spacial score (nSPS) is 10.5. The van der Waals surface area contributed by atoms with E-state index in [0.717, 1.165) is 28.7 Å². The van der Waals surface area contributed by atoms with Crippen LogP contribution in [0, 0.1) is 26.8 Å². The molecule has 0 aliphatic carbocycles. The van der Waals surface area contributed by atoms with E-state index < -0.39 is 0 Å². The van der Waals surface area contributed by atoms with Gasteiger partial charge in [0.15, 0.2) is 5.78 Å². The molecule has 0 heterocycles. The summed E-state index contributed by atoms with van der Waals surface area (Å²) in [5.41, 5.74) is 5.87. The molecule has 1 nitrogen and oxygen atoms in total. The van der Waals surface area contributed by atoms with E-state index in [4.69, 9.17) is 0 Å². The fourth-order valence-electron chi connectivity index (χ4n) is 2.64. The van der Waals surface area contributed by atoms with Crippen molar-refractivity contribution >= 4 is 5.78 Å². The summed E-state index contributed by atoms with van der Waals surface area (Å²) in [4.78, 5) is 12.7. The molecule has 0 aromatic heterocycles. The van der Waals surface area contributed by atoms with Gasteiger partial charge in [0.1, 0.15) is 0 Å². The molecule has 0 spiro atoms. The molecule has 0 N–H and O–H groups in total. The molecule has 0 amide bonds. The number of benzene rings is 2. The lowest BCUT2D eigenvalue weighted by Gasteiger charge is -2.12. The molecule has 0 aliphatic rings. The number of carbonyl (C=O) groups excluding carboxylic acids is 1. The number of ketones is 1. The Morgan fingerprint density at radius 1 is 1.16 bits per heavy atom. The smallest absolute Gasteiger partial charge is 0.194 e. The first-order valence-corrected chi connectivity index (χ1v) is 6.66. The number of hydrogen-bond donors (Lipinski definition) is 0. The molecule has 19 heavy (non-hydrogen) atoms. The molecule has 0 fully saturated rings. The Labute approximate surface area is 115 Å². The second-order valence-corrected chi connectivity index (χ2v) is 5.03. The first-order chi connectivity index (χ1) is 9.04. The molecular weight excluding hydrogens is 232 g/mol. The second kappa shape index (κ2) is 5.40. The van der Waals surface area contributed by atoms with Gasteiger partial charge in [-0.2, -0.15) is 0 Å². The maximum absolute atomic E-state index is 12.7. The summed E-state index contributed by atoms with van der Waals surface area (Å²) >= 11 is 0. The fourth-order valence-corrected chi connectivity index (χ4v) is 2.64. The average molecular weight is 251 g/mol. The number of aryl methyl sites for hydroxylation is 4. The third kappa shape index (κ3) is 2.60. The van der Waals surface area contributed by atoms with Crippen LogP contribution in [0.1, 0.15) is 45.1 Å². The standard InChI is InChI=1S/C18H19O/c1-5-15-8-6-7-9-16(15)18(19)17-13(3)10-12(2)11-14(17)4/h6-8,10-11H,5H2,1-4H3. The largest absolute Gasteiger partial charge is 0.289 e. The molecule has 0 saturated heterocycles. The number of carbonyl (C=O) groups is 1. The number of rotatable bonds is 3. The van der Waals surface area contributed by atoms with E-state index in [-0.39, 0.29) is 5.78 Å². The summed E-state index contributed by atoms with van der Waals surface area (Å²) in [5.74, 6) is 0.0902. The van der Waals surface area contributed by atoms with Crippen molar-refractivity contribution in [3.05, 3.63) is 69.8 Å². The highest BCUT2D eigenvalue weighted by Crippen LogP contribution is 2.22. The Kier molecular flexibility index (Phi) is 3.84. The summed E-state index contributed by atoms with van der Waals surface area (Å²) in [5, 5.41) is 0. The summed E-state index contributed by atoms with van der Waals surface area (Å²) in [6, 6.07) is 13.0. The highest BCUT2D eigenvalue weighted by atomic mass is 16.1. The van der Waals surface area contributed by atoms with Crippen molar-refractivity contribution in [1.29, 1.82) is 0 Å². The van der Waals surface area contributed by atoms with Crippen LogP contribution in [0.15, 0.2) is 30.3 Å². The van der Waals surface area contributed by atoms with Gasteiger partial charge in [-0.3, -0.25) is 4.79 Å². The molecule has 0 saturated carbocycles. The molecule has 2 aromatic rings. The van der Waals surface area contributed by atoms with Gasteiger partial charge < -0.3 is 0 Å². The minimum atomic E-state index is 0.0902. The van der Waals surface area contributed by atoms with Crippen LogP contribution in [-0.2, 0) is 6.42 Å². The van der Waals surface area contributed by atoms with Crippen molar-refractivity contribution in [2.75, 3.05) is 0 Å². The van der Waals surface area contributed by atoms with Gasteiger partial charge in [-0.25, -0.2) is 0 Å². The molecule has 0 bridgehead atoms. The Balaban J connectivity index is 2.57. The van der Waals surface area contributed by atoms with Crippen molar-refractivity contribution in [3.63, 3.8) is 0 Å². The molecule has 0 aliphatic heterocycles. The van der Waals surface area contributed by atoms with Crippen LogP contribution in [0.25, 0.3) is 0 Å². The van der Waals surface area contributed by atoms with Crippen molar-refractivity contribution in [2.24, 2.45) is 0 Å². The van der Waals surface area contributed by atoms with Crippen LogP contribution in [-0.4, -0.2) is 5.78 Å². The molecule has 97 valence electrons. The maximum atomic E-state index is 12.7. The van der Waals surface area contributed by atoms with Crippen LogP contribution < -0.4 is 0 Å². The van der Waals surface area contributed by atoms with Gasteiger partial charge in [0, 0.05) is 11.1 Å². The van der Waals surface area contributed by atoms with E-state index in [1.54, 1.807) is 0 Å². The Morgan fingerprint density at radius 3 is 2.37 bits per heavy atom. The molecule has 0 atom stereocenters. The topological polar surface area (TPSA) is 17.1 Å². The molecule has 0 unspecified atom stereocenters. The zero-order chi connectivity index (χ0) is 14.0. The summed E-state index contributed by atoms with van der Waals surface area (Å²) in [6.07, 6.45) is 0.850. The van der Waals surface area contributed by atoms with Crippen molar-refractivity contribution in [1.82, 2.24) is 0 Å². The first kappa shape index (κ1) is 13.5. The zero-order valence-corrected chi connectivity index (χ0v) is 12.0. The summed E-state index contributed by atoms with van der Waals surface area (Å²) in [7, 11) is 0. The molecule has 1 heteroatoms. The quantitative estimate of drug-likeness (QED) is 0.747. The van der Waals surface area contributed by atoms with Crippen LogP contribution in [0.5, 0.6) is 0 Å². The number of hydrogen-bond acceptors (Lipinski definition) is 1. The van der Waals surface area contributed by atoms with E-state index in [0.29, 0.717) is 5.56 Å². The minimum Gasteiger partial charge on any atom is -0.289 e. The zero-order valence-electron chi connectivity index (χ0n) is 12.0. The van der Waals surface area contributed by atoms with Crippen molar-refractivity contribution in [3.8, 4) is 0 Å². The fraction of sp³-hybridized carbons (Fsp3) is 0.278. The van der Waals surface area contributed by atoms with Gasteiger partial charge in [-0.1, -0.05) is 42.8 Å². The molecule has 2 rings (SSSR count). The lowest BCUT2D eigenvalue weighted by molar-refractivity contribution is 0.103. The lowest BCUT2D eigenvalue weighted by atomic mass is 9.90. The van der Waals surface area contributed by atoms with Gasteiger partial charge in [0.25, 0.3) is 0 Å². The second-order valence-electron chi connectivity index (χ2n) is 5.03. The monoisotopic (exact) mass is 251 g/mol. The Bertz CT molecular complexity index is 600. The SMILES string of the molecule is CCc1ccc[c]c1C(=O)c1c(C)cc(C)cc1C. The van der Waals surface area contributed by atoms with Crippen LogP contribution >= 0.6 is 0 Å². The van der Waals surface area contributed by atoms with Gasteiger partial charge in [-0.15, -0.1) is 0 Å². The van der Waals surface area contributed by atoms with Crippen LogP contribution in [0.3, 0.4) is 0 Å².